The molecule has 0 radical (unpaired) electrons. The zero-order valence-corrected chi connectivity index (χ0v) is 18.6. The number of aliphatic hydroxyl groups excluding tert-OH is 1. The Labute approximate surface area is 186 Å². The Morgan fingerprint density at radius 3 is 2.74 bits per heavy atom. The average molecular weight is 425 g/mol. The number of guanidine groups is 1. The van der Waals surface area contributed by atoms with Crippen molar-refractivity contribution >= 4 is 5.96 Å². The van der Waals surface area contributed by atoms with Gasteiger partial charge in [0.05, 0.1) is 12.2 Å². The summed E-state index contributed by atoms with van der Waals surface area (Å²) >= 11 is 0. The van der Waals surface area contributed by atoms with Gasteiger partial charge in [0.2, 0.25) is 0 Å². The number of hydrogen-bond donors (Lipinski definition) is 3. The van der Waals surface area contributed by atoms with Crippen LogP contribution in [0.1, 0.15) is 56.7 Å². The summed E-state index contributed by atoms with van der Waals surface area (Å²) in [5.41, 5.74) is 2.19. The van der Waals surface area contributed by atoms with Gasteiger partial charge in [-0.2, -0.15) is 0 Å². The molecule has 31 heavy (non-hydrogen) atoms. The molecule has 0 amide bonds. The minimum absolute atomic E-state index is 0.183. The van der Waals surface area contributed by atoms with Gasteiger partial charge in [-0.15, -0.1) is 0 Å². The second-order valence-electron chi connectivity index (χ2n) is 8.34. The van der Waals surface area contributed by atoms with Gasteiger partial charge in [0.25, 0.3) is 0 Å². The molecule has 1 aliphatic rings. The summed E-state index contributed by atoms with van der Waals surface area (Å²) in [5, 5.41) is 16.4. The highest BCUT2D eigenvalue weighted by molar-refractivity contribution is 5.79. The molecule has 3 rings (SSSR count). The molecule has 3 N–H and O–H groups in total. The van der Waals surface area contributed by atoms with Gasteiger partial charge in [-0.25, -0.2) is 4.99 Å². The number of rotatable bonds is 10. The van der Waals surface area contributed by atoms with Crippen molar-refractivity contribution in [3.05, 3.63) is 59.9 Å². The van der Waals surface area contributed by atoms with Crippen molar-refractivity contribution in [1.82, 2.24) is 15.6 Å². The van der Waals surface area contributed by atoms with Crippen LogP contribution in [0.15, 0.2) is 53.7 Å². The lowest BCUT2D eigenvalue weighted by Crippen LogP contribution is -2.44. The second-order valence-corrected chi connectivity index (χ2v) is 8.34. The fourth-order valence-corrected chi connectivity index (χ4v) is 4.21. The highest BCUT2D eigenvalue weighted by atomic mass is 16.5. The molecule has 6 heteroatoms. The van der Waals surface area contributed by atoms with Crippen molar-refractivity contribution in [2.75, 3.05) is 19.7 Å². The van der Waals surface area contributed by atoms with Crippen LogP contribution < -0.4 is 15.4 Å². The molecule has 168 valence electrons. The Bertz CT molecular complexity index is 799. The van der Waals surface area contributed by atoms with Crippen LogP contribution in [-0.2, 0) is 13.2 Å². The Balaban J connectivity index is 1.58. The molecular weight excluding hydrogens is 388 g/mol. The van der Waals surface area contributed by atoms with E-state index in [0.29, 0.717) is 13.2 Å². The summed E-state index contributed by atoms with van der Waals surface area (Å²) in [6, 6.07) is 13.9. The summed E-state index contributed by atoms with van der Waals surface area (Å²) < 4.78 is 5.89. The fraction of sp³-hybridized carbons (Fsp3) is 0.520. The first-order chi connectivity index (χ1) is 15.2. The van der Waals surface area contributed by atoms with Crippen molar-refractivity contribution in [2.45, 2.75) is 58.6 Å². The Morgan fingerprint density at radius 1 is 1.13 bits per heavy atom. The molecule has 1 aromatic heterocycles. The molecule has 1 fully saturated rings. The summed E-state index contributed by atoms with van der Waals surface area (Å²) in [5.74, 6) is 1.64. The summed E-state index contributed by atoms with van der Waals surface area (Å²) in [6.45, 7) is 5.01. The lowest BCUT2D eigenvalue weighted by atomic mass is 9.72. The zero-order chi connectivity index (χ0) is 21.8. The maximum absolute atomic E-state index is 9.56. The molecule has 0 bridgehead atoms. The molecule has 0 aliphatic heterocycles. The smallest absolute Gasteiger partial charge is 0.191 e. The van der Waals surface area contributed by atoms with Crippen molar-refractivity contribution in [3.63, 3.8) is 0 Å². The van der Waals surface area contributed by atoms with E-state index in [1.165, 1.54) is 32.1 Å². The summed E-state index contributed by atoms with van der Waals surface area (Å²) in [6.07, 6.45) is 8.79. The molecule has 1 heterocycles. The van der Waals surface area contributed by atoms with E-state index in [4.69, 9.17) is 9.73 Å². The minimum atomic E-state index is 0.183. The summed E-state index contributed by atoms with van der Waals surface area (Å²) in [4.78, 5) is 9.08. The molecule has 0 spiro atoms. The quantitative estimate of drug-likeness (QED) is 0.396. The standard InChI is InChI=1S/C25H36N4O2/c1-2-26-24(29-20-25(14-16-30)12-5-3-6-13-25)28-18-21-9-8-11-23(17-21)31-19-22-10-4-7-15-27-22/h4,7-11,15,17,30H,2-3,5-6,12-14,16,18-20H2,1H3,(H2,26,28,29). The van der Waals surface area contributed by atoms with Crippen LogP contribution in [0, 0.1) is 5.41 Å². The molecule has 1 saturated carbocycles. The third-order valence-electron chi connectivity index (χ3n) is 5.96. The van der Waals surface area contributed by atoms with Crippen LogP contribution in [0.3, 0.4) is 0 Å². The number of benzene rings is 1. The number of pyridine rings is 1. The fourth-order valence-electron chi connectivity index (χ4n) is 4.21. The van der Waals surface area contributed by atoms with E-state index in [9.17, 15) is 5.11 Å². The Hall–Kier alpha value is -2.60. The van der Waals surface area contributed by atoms with Crippen molar-refractivity contribution < 1.29 is 9.84 Å². The van der Waals surface area contributed by atoms with Crippen LogP contribution in [0.4, 0.5) is 0 Å². The van der Waals surface area contributed by atoms with Gasteiger partial charge in [0.15, 0.2) is 5.96 Å². The predicted octanol–water partition coefficient (Wildman–Crippen LogP) is 4.05. The number of aliphatic hydroxyl groups is 1. The van der Waals surface area contributed by atoms with Crippen molar-refractivity contribution in [1.29, 1.82) is 0 Å². The molecule has 1 aliphatic carbocycles. The number of nitrogens with zero attached hydrogens (tertiary/aromatic N) is 2. The van der Waals surface area contributed by atoms with Gasteiger partial charge in [-0.3, -0.25) is 4.98 Å². The lowest BCUT2D eigenvalue weighted by molar-refractivity contribution is 0.131. The first-order valence-electron chi connectivity index (χ1n) is 11.5. The van der Waals surface area contributed by atoms with Crippen LogP contribution in [0.2, 0.25) is 0 Å². The van der Waals surface area contributed by atoms with E-state index < -0.39 is 0 Å². The molecule has 0 saturated heterocycles. The molecule has 2 aromatic rings. The predicted molar refractivity (Wildman–Crippen MR) is 125 cm³/mol. The first kappa shape index (κ1) is 23.1. The minimum Gasteiger partial charge on any atom is -0.487 e. The van der Waals surface area contributed by atoms with Crippen LogP contribution in [-0.4, -0.2) is 35.7 Å². The second kappa shape index (κ2) is 12.3. The van der Waals surface area contributed by atoms with E-state index in [1.54, 1.807) is 6.20 Å². The first-order valence-corrected chi connectivity index (χ1v) is 11.5. The highest BCUT2D eigenvalue weighted by Crippen LogP contribution is 2.38. The normalized spacial score (nSPS) is 16.0. The van der Waals surface area contributed by atoms with Crippen LogP contribution in [0.5, 0.6) is 5.75 Å². The largest absolute Gasteiger partial charge is 0.487 e. The number of nitrogens with one attached hydrogen (secondary N) is 2. The van der Waals surface area contributed by atoms with Crippen LogP contribution >= 0.6 is 0 Å². The zero-order valence-electron chi connectivity index (χ0n) is 18.6. The van der Waals surface area contributed by atoms with Gasteiger partial charge in [-0.1, -0.05) is 37.5 Å². The number of hydrogen-bond acceptors (Lipinski definition) is 4. The maximum atomic E-state index is 9.56. The number of aliphatic imine (C=N–C) groups is 1. The Morgan fingerprint density at radius 2 is 2.00 bits per heavy atom. The monoisotopic (exact) mass is 424 g/mol. The Kier molecular flexibility index (Phi) is 9.16. The molecule has 0 unspecified atom stereocenters. The maximum Gasteiger partial charge on any atom is 0.191 e. The SMILES string of the molecule is CCNC(=NCc1cccc(OCc2ccccn2)c1)NCC1(CCO)CCCCC1. The van der Waals surface area contributed by atoms with E-state index in [1.807, 2.05) is 36.4 Å². The van der Waals surface area contributed by atoms with Crippen molar-refractivity contribution in [2.24, 2.45) is 10.4 Å². The van der Waals surface area contributed by atoms with Gasteiger partial charge in [-0.05, 0) is 61.4 Å². The summed E-state index contributed by atoms with van der Waals surface area (Å²) in [7, 11) is 0. The molecule has 6 nitrogen and oxygen atoms in total. The highest BCUT2D eigenvalue weighted by Gasteiger charge is 2.31. The molecule has 1 aromatic carbocycles. The van der Waals surface area contributed by atoms with E-state index in [2.05, 4.69) is 28.6 Å². The van der Waals surface area contributed by atoms with Gasteiger partial charge in [0, 0.05) is 25.9 Å². The lowest BCUT2D eigenvalue weighted by Gasteiger charge is -2.37. The van der Waals surface area contributed by atoms with Crippen LogP contribution in [0.25, 0.3) is 0 Å². The van der Waals surface area contributed by atoms with Gasteiger partial charge in [0.1, 0.15) is 12.4 Å². The van der Waals surface area contributed by atoms with Gasteiger partial charge < -0.3 is 20.5 Å². The van der Waals surface area contributed by atoms with Crippen molar-refractivity contribution in [3.8, 4) is 5.75 Å². The third kappa shape index (κ3) is 7.55. The van der Waals surface area contributed by atoms with E-state index >= 15 is 0 Å². The van der Waals surface area contributed by atoms with Gasteiger partial charge >= 0.3 is 0 Å². The van der Waals surface area contributed by atoms with E-state index in [0.717, 1.165) is 42.5 Å². The average Bonchev–Trinajstić information content (AvgIpc) is 2.81. The number of ether oxygens (including phenoxy) is 1. The third-order valence-corrected chi connectivity index (χ3v) is 5.96. The number of aromatic nitrogens is 1. The molecule has 0 atom stereocenters. The van der Waals surface area contributed by atoms with E-state index in [-0.39, 0.29) is 12.0 Å². The molecular formula is C25H36N4O2. The topological polar surface area (TPSA) is 78.8 Å².